The molecular weight excluding hydrogens is 480 g/mol. The summed E-state index contributed by atoms with van der Waals surface area (Å²) in [6.07, 6.45) is 1.70. The summed E-state index contributed by atoms with van der Waals surface area (Å²) >= 11 is 3.47. The summed E-state index contributed by atoms with van der Waals surface area (Å²) in [5.74, 6) is 1.78. The molecule has 3 aromatic carbocycles. The molecule has 0 unspecified atom stereocenters. The lowest BCUT2D eigenvalue weighted by Gasteiger charge is -2.10. The molecule has 0 saturated carbocycles. The predicted molar refractivity (Wildman–Crippen MR) is 134 cm³/mol. The molecule has 5 heteroatoms. The number of benzene rings is 3. The van der Waals surface area contributed by atoms with Gasteiger partial charge in [-0.1, -0.05) is 77.1 Å². The molecule has 5 rings (SSSR count). The Balaban J connectivity index is 1.73. The van der Waals surface area contributed by atoms with Gasteiger partial charge in [0.2, 0.25) is 0 Å². The first-order chi connectivity index (χ1) is 16.1. The highest BCUT2D eigenvalue weighted by molar-refractivity contribution is 9.10. The van der Waals surface area contributed by atoms with E-state index >= 15 is 0 Å². The highest BCUT2D eigenvalue weighted by atomic mass is 79.9. The summed E-state index contributed by atoms with van der Waals surface area (Å²) in [5, 5.41) is 0.799. The standard InChI is InChI=1S/C28H19BrO4/c1-2-14-31-25-11-7-6-10-21(25)22-17-26(32-27(22)18-8-4-3-5-9-18)23-16-19-15-20(29)12-13-24(19)33-28(23)30/h2-13,15-17H,1,14H2. The van der Waals surface area contributed by atoms with Crippen LogP contribution in [-0.2, 0) is 0 Å². The molecular formula is C28H19BrO4. The zero-order valence-corrected chi connectivity index (χ0v) is 19.2. The number of halogens is 1. The lowest BCUT2D eigenvalue weighted by molar-refractivity contribution is 0.364. The van der Waals surface area contributed by atoms with Crippen molar-refractivity contribution in [2.24, 2.45) is 0 Å². The van der Waals surface area contributed by atoms with E-state index in [1.807, 2.05) is 72.8 Å². The lowest BCUT2D eigenvalue weighted by Crippen LogP contribution is -2.01. The van der Waals surface area contributed by atoms with Crippen molar-refractivity contribution >= 4 is 26.9 Å². The highest BCUT2D eigenvalue weighted by Gasteiger charge is 2.21. The largest absolute Gasteiger partial charge is 0.489 e. The van der Waals surface area contributed by atoms with E-state index in [4.69, 9.17) is 13.6 Å². The molecule has 0 aliphatic carbocycles. The van der Waals surface area contributed by atoms with Gasteiger partial charge >= 0.3 is 5.63 Å². The normalized spacial score (nSPS) is 10.9. The second-order valence-corrected chi connectivity index (χ2v) is 8.36. The maximum absolute atomic E-state index is 12.8. The molecule has 0 radical (unpaired) electrons. The van der Waals surface area contributed by atoms with Gasteiger partial charge in [0.05, 0.1) is 0 Å². The summed E-state index contributed by atoms with van der Waals surface area (Å²) in [6.45, 7) is 4.12. The second kappa shape index (κ2) is 8.96. The molecule has 0 bridgehead atoms. The van der Waals surface area contributed by atoms with Gasteiger partial charge in [-0.2, -0.15) is 0 Å². The smallest absolute Gasteiger partial charge is 0.347 e. The topological polar surface area (TPSA) is 52.6 Å². The molecule has 0 aliphatic heterocycles. The van der Waals surface area contributed by atoms with Crippen molar-refractivity contribution in [2.45, 2.75) is 0 Å². The minimum Gasteiger partial charge on any atom is -0.489 e. The van der Waals surface area contributed by atoms with E-state index in [0.717, 1.165) is 26.5 Å². The fourth-order valence-electron chi connectivity index (χ4n) is 3.76. The zero-order chi connectivity index (χ0) is 22.8. The minimum atomic E-state index is -0.457. The van der Waals surface area contributed by atoms with Crippen molar-refractivity contribution in [3.05, 3.63) is 112 Å². The summed E-state index contributed by atoms with van der Waals surface area (Å²) in [5.41, 5.74) is 3.00. The molecule has 0 spiro atoms. The van der Waals surface area contributed by atoms with Crippen LogP contribution in [-0.4, -0.2) is 6.61 Å². The van der Waals surface area contributed by atoms with E-state index in [1.54, 1.807) is 18.2 Å². The van der Waals surface area contributed by atoms with Crippen LogP contribution in [0, 0.1) is 0 Å². The Hall–Kier alpha value is -3.83. The number of fused-ring (bicyclic) bond motifs is 1. The molecule has 0 atom stereocenters. The molecule has 0 saturated heterocycles. The summed E-state index contributed by atoms with van der Waals surface area (Å²) in [6, 6.07) is 26.7. The fourth-order valence-corrected chi connectivity index (χ4v) is 4.14. The van der Waals surface area contributed by atoms with Gasteiger partial charge in [0.15, 0.2) is 0 Å². The average Bonchev–Trinajstić information content (AvgIpc) is 3.28. The van der Waals surface area contributed by atoms with Gasteiger partial charge in [-0.05, 0) is 36.4 Å². The minimum absolute atomic E-state index is 0.355. The second-order valence-electron chi connectivity index (χ2n) is 7.44. The van der Waals surface area contributed by atoms with Crippen molar-refractivity contribution in [1.82, 2.24) is 0 Å². The third-order valence-electron chi connectivity index (χ3n) is 5.26. The van der Waals surface area contributed by atoms with E-state index < -0.39 is 5.63 Å². The Kier molecular flexibility index (Phi) is 5.71. The van der Waals surface area contributed by atoms with Crippen LogP contribution in [0.3, 0.4) is 0 Å². The number of furan rings is 1. The summed E-state index contributed by atoms with van der Waals surface area (Å²) in [4.78, 5) is 12.8. The fraction of sp³-hybridized carbons (Fsp3) is 0.0357. The monoisotopic (exact) mass is 498 g/mol. The van der Waals surface area contributed by atoms with Gasteiger partial charge in [-0.25, -0.2) is 4.79 Å². The summed E-state index contributed by atoms with van der Waals surface area (Å²) < 4.78 is 18.7. The lowest BCUT2D eigenvalue weighted by atomic mass is 10.0. The maximum Gasteiger partial charge on any atom is 0.347 e. The van der Waals surface area contributed by atoms with Crippen LogP contribution < -0.4 is 10.4 Å². The van der Waals surface area contributed by atoms with E-state index in [0.29, 0.717) is 35.0 Å². The van der Waals surface area contributed by atoms with Crippen molar-refractivity contribution in [2.75, 3.05) is 6.61 Å². The van der Waals surface area contributed by atoms with E-state index in [2.05, 4.69) is 22.5 Å². The van der Waals surface area contributed by atoms with Crippen LogP contribution in [0.4, 0.5) is 0 Å². The first-order valence-corrected chi connectivity index (χ1v) is 11.2. The van der Waals surface area contributed by atoms with Crippen molar-refractivity contribution in [3.8, 4) is 39.5 Å². The Morgan fingerprint density at radius 1 is 0.848 bits per heavy atom. The van der Waals surface area contributed by atoms with E-state index in [9.17, 15) is 4.79 Å². The molecule has 162 valence electrons. The molecule has 0 amide bonds. The molecule has 33 heavy (non-hydrogen) atoms. The Morgan fingerprint density at radius 3 is 2.45 bits per heavy atom. The van der Waals surface area contributed by atoms with Gasteiger partial charge in [0.1, 0.15) is 35.0 Å². The van der Waals surface area contributed by atoms with Crippen molar-refractivity contribution in [3.63, 3.8) is 0 Å². The zero-order valence-electron chi connectivity index (χ0n) is 17.6. The van der Waals surface area contributed by atoms with E-state index in [1.165, 1.54) is 0 Å². The predicted octanol–water partition coefficient (Wildman–Crippen LogP) is 7.71. The molecule has 2 heterocycles. The number of ether oxygens (including phenoxy) is 1. The van der Waals surface area contributed by atoms with Crippen LogP contribution in [0.25, 0.3) is 44.7 Å². The van der Waals surface area contributed by atoms with Crippen LogP contribution in [0.15, 0.2) is 116 Å². The third-order valence-corrected chi connectivity index (χ3v) is 5.75. The average molecular weight is 499 g/mol. The van der Waals surface area contributed by atoms with Crippen LogP contribution in [0.1, 0.15) is 0 Å². The SMILES string of the molecule is C=CCOc1ccccc1-c1cc(-c2cc3cc(Br)ccc3oc2=O)oc1-c1ccccc1. The van der Waals surface area contributed by atoms with Gasteiger partial charge < -0.3 is 13.6 Å². The molecule has 5 aromatic rings. The van der Waals surface area contributed by atoms with Crippen LogP contribution in [0.2, 0.25) is 0 Å². The van der Waals surface area contributed by atoms with Gasteiger partial charge in [0, 0.05) is 26.5 Å². The molecule has 0 N–H and O–H groups in total. The van der Waals surface area contributed by atoms with Gasteiger partial charge in [-0.15, -0.1) is 0 Å². The van der Waals surface area contributed by atoms with Crippen LogP contribution >= 0.6 is 15.9 Å². The third kappa shape index (κ3) is 4.15. The number of hydrogen-bond acceptors (Lipinski definition) is 4. The van der Waals surface area contributed by atoms with Crippen molar-refractivity contribution in [1.29, 1.82) is 0 Å². The molecule has 0 fully saturated rings. The maximum atomic E-state index is 12.8. The molecule has 0 aliphatic rings. The highest BCUT2D eigenvalue weighted by Crippen LogP contribution is 2.42. The van der Waals surface area contributed by atoms with E-state index in [-0.39, 0.29) is 0 Å². The van der Waals surface area contributed by atoms with Gasteiger partial charge in [0.25, 0.3) is 0 Å². The van der Waals surface area contributed by atoms with Crippen LogP contribution in [0.5, 0.6) is 5.75 Å². The van der Waals surface area contributed by atoms with Crippen molar-refractivity contribution < 1.29 is 13.6 Å². The Labute approximate surface area is 198 Å². The van der Waals surface area contributed by atoms with Gasteiger partial charge in [-0.3, -0.25) is 0 Å². The molecule has 4 nitrogen and oxygen atoms in total. The quantitative estimate of drug-likeness (QED) is 0.177. The number of rotatable bonds is 6. The summed E-state index contributed by atoms with van der Waals surface area (Å²) in [7, 11) is 0. The Bertz CT molecular complexity index is 1510. The first kappa shape index (κ1) is 21.0. The number of hydrogen-bond donors (Lipinski definition) is 0. The first-order valence-electron chi connectivity index (χ1n) is 10.4. The number of para-hydroxylation sites is 1. The Morgan fingerprint density at radius 2 is 1.64 bits per heavy atom. The molecule has 2 aromatic heterocycles.